The van der Waals surface area contributed by atoms with Gasteiger partial charge in [0.05, 0.1) is 6.61 Å². The fourth-order valence-electron chi connectivity index (χ4n) is 1.71. The van der Waals surface area contributed by atoms with Crippen molar-refractivity contribution in [3.8, 4) is 5.69 Å². The average Bonchev–Trinajstić information content (AvgIpc) is 2.93. The van der Waals surface area contributed by atoms with E-state index in [4.69, 9.17) is 5.11 Å². The van der Waals surface area contributed by atoms with Gasteiger partial charge in [-0.2, -0.15) is 0 Å². The van der Waals surface area contributed by atoms with Gasteiger partial charge in [0.15, 0.2) is 5.16 Å². The Bertz CT molecular complexity index is 569. The molecule has 0 saturated heterocycles. The molecule has 1 heterocycles. The molecule has 1 aromatic heterocycles. The molecule has 2 aromatic rings. The number of nitrogens with zero attached hydrogens (tertiary/aromatic N) is 2. The third-order valence-corrected chi connectivity index (χ3v) is 3.24. The molecule has 0 aliphatic rings. The largest absolute Gasteiger partial charge is 0.395 e. The predicted molar refractivity (Wildman–Crippen MR) is 74.8 cm³/mol. The number of aromatic nitrogens is 2. The third-order valence-electron chi connectivity index (χ3n) is 2.57. The number of benzene rings is 1. The topological polar surface area (TPSA) is 67.2 Å². The van der Waals surface area contributed by atoms with E-state index in [1.807, 2.05) is 29.2 Å². The number of imidazole rings is 1. The van der Waals surface area contributed by atoms with Crippen LogP contribution in [0.15, 0.2) is 41.8 Å². The van der Waals surface area contributed by atoms with Gasteiger partial charge in [-0.15, -0.1) is 0 Å². The van der Waals surface area contributed by atoms with Gasteiger partial charge in [0.1, 0.15) is 0 Å². The van der Waals surface area contributed by atoms with Gasteiger partial charge in [-0.1, -0.05) is 17.8 Å². The van der Waals surface area contributed by atoms with Crippen LogP contribution in [0.2, 0.25) is 0 Å². The summed E-state index contributed by atoms with van der Waals surface area (Å²) in [6.45, 7) is 0.188. The Kier molecular flexibility index (Phi) is 4.59. The van der Waals surface area contributed by atoms with Crippen LogP contribution in [0.25, 0.3) is 5.69 Å². The summed E-state index contributed by atoms with van der Waals surface area (Å²) in [4.78, 5) is 16.1. The maximum atomic E-state index is 11.8. The van der Waals surface area contributed by atoms with Crippen molar-refractivity contribution in [3.63, 3.8) is 0 Å². The summed E-state index contributed by atoms with van der Waals surface area (Å²) in [6.07, 6.45) is 5.54. The van der Waals surface area contributed by atoms with Crippen molar-refractivity contribution in [3.05, 3.63) is 42.2 Å². The van der Waals surface area contributed by atoms with Gasteiger partial charge in [0.25, 0.3) is 5.91 Å². The molecule has 1 amide bonds. The molecule has 0 spiro atoms. The molecular formula is C13H15N3O2S. The monoisotopic (exact) mass is 277 g/mol. The highest BCUT2D eigenvalue weighted by atomic mass is 32.2. The number of hydrogen-bond acceptors (Lipinski definition) is 4. The van der Waals surface area contributed by atoms with Crippen LogP contribution in [0, 0.1) is 0 Å². The van der Waals surface area contributed by atoms with E-state index in [9.17, 15) is 4.79 Å². The number of nitrogens with one attached hydrogen (secondary N) is 1. The summed E-state index contributed by atoms with van der Waals surface area (Å²) in [5, 5.41) is 12.2. The Morgan fingerprint density at radius 3 is 3.11 bits per heavy atom. The minimum absolute atomic E-state index is 0.0659. The maximum absolute atomic E-state index is 11.8. The lowest BCUT2D eigenvalue weighted by atomic mass is 10.2. The van der Waals surface area contributed by atoms with Gasteiger partial charge in [0.2, 0.25) is 0 Å². The Hall–Kier alpha value is -1.79. The molecule has 100 valence electrons. The maximum Gasteiger partial charge on any atom is 0.251 e. The molecule has 0 saturated carbocycles. The van der Waals surface area contributed by atoms with Crippen LogP contribution in [-0.4, -0.2) is 40.0 Å². The average molecular weight is 277 g/mol. The van der Waals surface area contributed by atoms with Gasteiger partial charge >= 0.3 is 0 Å². The predicted octanol–water partition coefficient (Wildman–Crippen LogP) is 1.32. The fraction of sp³-hybridized carbons (Fsp3) is 0.231. The second-order valence-corrected chi connectivity index (χ2v) is 4.59. The number of hydrogen-bond donors (Lipinski definition) is 2. The molecule has 0 aliphatic heterocycles. The van der Waals surface area contributed by atoms with Gasteiger partial charge in [-0.05, 0) is 24.5 Å². The summed E-state index contributed by atoms with van der Waals surface area (Å²) < 4.78 is 1.92. The van der Waals surface area contributed by atoms with Crippen LogP contribution < -0.4 is 5.32 Å². The quantitative estimate of drug-likeness (QED) is 0.809. The van der Waals surface area contributed by atoms with Crippen molar-refractivity contribution in [2.75, 3.05) is 19.4 Å². The number of carbonyl (C=O) groups excluding carboxylic acids is 1. The van der Waals surface area contributed by atoms with Crippen LogP contribution in [0.4, 0.5) is 0 Å². The molecule has 6 heteroatoms. The summed E-state index contributed by atoms with van der Waals surface area (Å²) in [7, 11) is 0. The lowest BCUT2D eigenvalue weighted by Gasteiger charge is -2.08. The second-order valence-electron chi connectivity index (χ2n) is 3.81. The van der Waals surface area contributed by atoms with E-state index in [1.54, 1.807) is 30.1 Å². The molecule has 1 aromatic carbocycles. The van der Waals surface area contributed by atoms with Crippen molar-refractivity contribution in [1.82, 2.24) is 14.9 Å². The molecule has 0 atom stereocenters. The Morgan fingerprint density at radius 1 is 1.53 bits per heavy atom. The SMILES string of the molecule is CSc1nccn1-c1cccc(C(=O)NCCO)c1. The summed E-state index contributed by atoms with van der Waals surface area (Å²) in [6, 6.07) is 7.29. The second kappa shape index (κ2) is 6.40. The zero-order valence-corrected chi connectivity index (χ0v) is 11.4. The van der Waals surface area contributed by atoms with Crippen molar-refractivity contribution in [1.29, 1.82) is 0 Å². The minimum atomic E-state index is -0.193. The first-order valence-electron chi connectivity index (χ1n) is 5.83. The molecule has 0 aliphatic carbocycles. The zero-order chi connectivity index (χ0) is 13.7. The smallest absolute Gasteiger partial charge is 0.251 e. The van der Waals surface area contributed by atoms with E-state index >= 15 is 0 Å². The van der Waals surface area contributed by atoms with Gasteiger partial charge in [-0.3, -0.25) is 9.36 Å². The first-order valence-corrected chi connectivity index (χ1v) is 7.05. The number of aliphatic hydroxyl groups is 1. The number of aliphatic hydroxyl groups excluding tert-OH is 1. The Balaban J connectivity index is 2.27. The lowest BCUT2D eigenvalue weighted by molar-refractivity contribution is 0.0944. The molecular weight excluding hydrogens is 262 g/mol. The molecule has 5 nitrogen and oxygen atoms in total. The third kappa shape index (κ3) is 3.15. The van der Waals surface area contributed by atoms with E-state index < -0.39 is 0 Å². The zero-order valence-electron chi connectivity index (χ0n) is 10.5. The first-order chi connectivity index (χ1) is 9.26. The molecule has 0 radical (unpaired) electrons. The minimum Gasteiger partial charge on any atom is -0.395 e. The van der Waals surface area contributed by atoms with Gasteiger partial charge in [0, 0.05) is 30.2 Å². The van der Waals surface area contributed by atoms with Gasteiger partial charge in [-0.25, -0.2) is 4.98 Å². The van der Waals surface area contributed by atoms with Crippen LogP contribution >= 0.6 is 11.8 Å². The van der Waals surface area contributed by atoms with Crippen LogP contribution in [0.3, 0.4) is 0 Å². The normalized spacial score (nSPS) is 10.4. The van der Waals surface area contributed by atoms with E-state index in [0.29, 0.717) is 5.56 Å². The number of carbonyl (C=O) groups is 1. The van der Waals surface area contributed by atoms with Gasteiger partial charge < -0.3 is 10.4 Å². The van der Waals surface area contributed by atoms with Crippen LogP contribution in [-0.2, 0) is 0 Å². The van der Waals surface area contributed by atoms with Crippen molar-refractivity contribution >= 4 is 17.7 Å². The van der Waals surface area contributed by atoms with E-state index in [-0.39, 0.29) is 19.1 Å². The Labute approximate surface area is 115 Å². The van der Waals surface area contributed by atoms with Crippen molar-refractivity contribution < 1.29 is 9.90 Å². The van der Waals surface area contributed by atoms with E-state index in [0.717, 1.165) is 10.8 Å². The highest BCUT2D eigenvalue weighted by Gasteiger charge is 2.08. The van der Waals surface area contributed by atoms with E-state index in [2.05, 4.69) is 10.3 Å². The molecule has 0 bridgehead atoms. The number of amides is 1. The summed E-state index contributed by atoms with van der Waals surface area (Å²) in [5.41, 5.74) is 1.45. The molecule has 0 unspecified atom stereocenters. The number of rotatable bonds is 5. The highest BCUT2D eigenvalue weighted by Crippen LogP contribution is 2.18. The molecule has 2 N–H and O–H groups in total. The first kappa shape index (κ1) is 13.6. The molecule has 0 fully saturated rings. The number of thioether (sulfide) groups is 1. The van der Waals surface area contributed by atoms with Crippen LogP contribution in [0.1, 0.15) is 10.4 Å². The van der Waals surface area contributed by atoms with Crippen molar-refractivity contribution in [2.24, 2.45) is 0 Å². The highest BCUT2D eigenvalue weighted by molar-refractivity contribution is 7.98. The lowest BCUT2D eigenvalue weighted by Crippen LogP contribution is -2.26. The Morgan fingerprint density at radius 2 is 2.37 bits per heavy atom. The van der Waals surface area contributed by atoms with E-state index in [1.165, 1.54) is 0 Å². The van der Waals surface area contributed by atoms with Crippen LogP contribution in [0.5, 0.6) is 0 Å². The van der Waals surface area contributed by atoms with Crippen molar-refractivity contribution in [2.45, 2.75) is 5.16 Å². The molecule has 2 rings (SSSR count). The standard InChI is InChI=1S/C13H15N3O2S/c1-19-13-15-5-7-16(13)11-4-2-3-10(9-11)12(18)14-6-8-17/h2-5,7,9,17H,6,8H2,1H3,(H,14,18). The fourth-order valence-corrected chi connectivity index (χ4v) is 2.24. The summed E-state index contributed by atoms with van der Waals surface area (Å²) >= 11 is 1.54. The summed E-state index contributed by atoms with van der Waals surface area (Å²) in [5.74, 6) is -0.193. The molecule has 19 heavy (non-hydrogen) atoms.